The van der Waals surface area contributed by atoms with E-state index in [1.165, 1.54) is 12.8 Å². The molecule has 0 aliphatic heterocycles. The number of unbranched alkanes of at least 4 members (excludes halogenated alkanes) is 2. The van der Waals surface area contributed by atoms with Crippen LogP contribution < -0.4 is 0 Å². The van der Waals surface area contributed by atoms with Crippen molar-refractivity contribution in [2.75, 3.05) is 19.7 Å². The molecule has 1 aromatic rings. The molecule has 0 saturated heterocycles. The molecule has 0 amide bonds. The van der Waals surface area contributed by atoms with E-state index in [1.807, 2.05) is 14.0 Å². The highest BCUT2D eigenvalue weighted by molar-refractivity contribution is 6.30. The van der Waals surface area contributed by atoms with Gasteiger partial charge in [-0.2, -0.15) is 5.10 Å². The minimum atomic E-state index is 0.184. The van der Waals surface area contributed by atoms with Gasteiger partial charge < -0.3 is 5.11 Å². The van der Waals surface area contributed by atoms with Crippen molar-refractivity contribution in [3.05, 3.63) is 16.4 Å². The maximum atomic E-state index is 9.12. The Morgan fingerprint density at radius 1 is 1.33 bits per heavy atom. The first-order chi connectivity index (χ1) is 8.60. The second-order valence-electron chi connectivity index (χ2n) is 4.69. The van der Waals surface area contributed by atoms with Gasteiger partial charge in [0, 0.05) is 25.7 Å². The van der Waals surface area contributed by atoms with Crippen LogP contribution in [0.4, 0.5) is 0 Å². The van der Waals surface area contributed by atoms with E-state index >= 15 is 0 Å². The van der Waals surface area contributed by atoms with Crippen molar-refractivity contribution in [2.24, 2.45) is 7.05 Å². The standard InChI is InChI=1S/C13H24ClN3O/c1-4-5-6-7-17(8-9-18)10-12-11(2)15-16(3)13(12)14/h18H,4-10H2,1-3H3. The molecule has 0 saturated carbocycles. The van der Waals surface area contributed by atoms with Crippen LogP contribution in [0.2, 0.25) is 5.15 Å². The Labute approximate surface area is 115 Å². The molecular formula is C13H24ClN3O. The van der Waals surface area contributed by atoms with Crippen LogP contribution in [0.3, 0.4) is 0 Å². The number of nitrogens with zero attached hydrogens (tertiary/aromatic N) is 3. The molecule has 4 nitrogen and oxygen atoms in total. The lowest BCUT2D eigenvalue weighted by Gasteiger charge is -2.21. The molecular weight excluding hydrogens is 250 g/mol. The molecule has 0 aliphatic carbocycles. The van der Waals surface area contributed by atoms with Crippen molar-refractivity contribution in [1.29, 1.82) is 0 Å². The molecule has 5 heteroatoms. The molecule has 0 spiro atoms. The maximum Gasteiger partial charge on any atom is 0.131 e. The molecule has 1 heterocycles. The van der Waals surface area contributed by atoms with Gasteiger partial charge in [0.15, 0.2) is 0 Å². The zero-order valence-corrected chi connectivity index (χ0v) is 12.4. The van der Waals surface area contributed by atoms with E-state index in [0.29, 0.717) is 11.7 Å². The Morgan fingerprint density at radius 3 is 2.56 bits per heavy atom. The Hall–Kier alpha value is -0.580. The average molecular weight is 274 g/mol. The Kier molecular flexibility index (Phi) is 6.68. The SMILES string of the molecule is CCCCCN(CCO)Cc1c(C)nn(C)c1Cl. The van der Waals surface area contributed by atoms with Gasteiger partial charge in [-0.1, -0.05) is 31.4 Å². The number of hydrogen-bond acceptors (Lipinski definition) is 3. The summed E-state index contributed by atoms with van der Waals surface area (Å²) in [6, 6.07) is 0. The smallest absolute Gasteiger partial charge is 0.131 e. The van der Waals surface area contributed by atoms with Gasteiger partial charge in [-0.15, -0.1) is 0 Å². The molecule has 18 heavy (non-hydrogen) atoms. The van der Waals surface area contributed by atoms with E-state index in [9.17, 15) is 0 Å². The molecule has 1 N–H and O–H groups in total. The van der Waals surface area contributed by atoms with E-state index in [-0.39, 0.29) is 6.61 Å². The van der Waals surface area contributed by atoms with Crippen LogP contribution in [0.25, 0.3) is 0 Å². The topological polar surface area (TPSA) is 41.3 Å². The van der Waals surface area contributed by atoms with Crippen LogP contribution in [0.5, 0.6) is 0 Å². The molecule has 0 aliphatic rings. The summed E-state index contributed by atoms with van der Waals surface area (Å²) < 4.78 is 1.70. The number of hydrogen-bond donors (Lipinski definition) is 1. The number of halogens is 1. The molecule has 104 valence electrons. The molecule has 1 aromatic heterocycles. The highest BCUT2D eigenvalue weighted by atomic mass is 35.5. The van der Waals surface area contributed by atoms with Crippen LogP contribution in [-0.2, 0) is 13.6 Å². The summed E-state index contributed by atoms with van der Waals surface area (Å²) in [5, 5.41) is 14.1. The number of aliphatic hydroxyl groups is 1. The van der Waals surface area contributed by atoms with Gasteiger partial charge in [0.1, 0.15) is 5.15 Å². The predicted octanol–water partition coefficient (Wildman–Crippen LogP) is 2.37. The lowest BCUT2D eigenvalue weighted by molar-refractivity contribution is 0.187. The minimum Gasteiger partial charge on any atom is -0.395 e. The summed E-state index contributed by atoms with van der Waals surface area (Å²) in [5.74, 6) is 0. The molecule has 0 bridgehead atoms. The first-order valence-corrected chi connectivity index (χ1v) is 6.99. The van der Waals surface area contributed by atoms with Crippen molar-refractivity contribution in [1.82, 2.24) is 14.7 Å². The zero-order valence-electron chi connectivity index (χ0n) is 11.6. The number of rotatable bonds is 8. The minimum absolute atomic E-state index is 0.184. The molecule has 0 aromatic carbocycles. The van der Waals surface area contributed by atoms with Crippen molar-refractivity contribution < 1.29 is 5.11 Å². The normalized spacial score (nSPS) is 11.4. The second kappa shape index (κ2) is 7.77. The third-order valence-electron chi connectivity index (χ3n) is 3.15. The third kappa shape index (κ3) is 4.26. The lowest BCUT2D eigenvalue weighted by atomic mass is 10.2. The molecule has 0 radical (unpaired) electrons. The van der Waals surface area contributed by atoms with Crippen LogP contribution >= 0.6 is 11.6 Å². The first-order valence-electron chi connectivity index (χ1n) is 6.61. The molecule has 0 unspecified atom stereocenters. The van der Waals surface area contributed by atoms with Crippen LogP contribution in [-0.4, -0.2) is 39.5 Å². The number of aliphatic hydroxyl groups excluding tert-OH is 1. The molecule has 1 rings (SSSR count). The fourth-order valence-electron chi connectivity index (χ4n) is 2.07. The van der Waals surface area contributed by atoms with E-state index in [1.54, 1.807) is 4.68 Å². The summed E-state index contributed by atoms with van der Waals surface area (Å²) in [4.78, 5) is 2.24. The predicted molar refractivity (Wildman–Crippen MR) is 74.8 cm³/mol. The van der Waals surface area contributed by atoms with Gasteiger partial charge in [0.2, 0.25) is 0 Å². The van der Waals surface area contributed by atoms with E-state index in [0.717, 1.165) is 30.8 Å². The third-order valence-corrected chi connectivity index (χ3v) is 3.62. The van der Waals surface area contributed by atoms with Gasteiger partial charge in [-0.25, -0.2) is 0 Å². The quantitative estimate of drug-likeness (QED) is 0.740. The average Bonchev–Trinajstić information content (AvgIpc) is 2.56. The van der Waals surface area contributed by atoms with Gasteiger partial charge in [-0.3, -0.25) is 9.58 Å². The zero-order chi connectivity index (χ0) is 13.5. The van der Waals surface area contributed by atoms with Gasteiger partial charge in [0.25, 0.3) is 0 Å². The summed E-state index contributed by atoms with van der Waals surface area (Å²) in [7, 11) is 1.85. The second-order valence-corrected chi connectivity index (χ2v) is 5.04. The van der Waals surface area contributed by atoms with E-state index < -0.39 is 0 Å². The van der Waals surface area contributed by atoms with Gasteiger partial charge in [-0.05, 0) is 19.9 Å². The summed E-state index contributed by atoms with van der Waals surface area (Å²) >= 11 is 6.23. The highest BCUT2D eigenvalue weighted by Gasteiger charge is 2.14. The monoisotopic (exact) mass is 273 g/mol. The molecule has 0 atom stereocenters. The fourth-order valence-corrected chi connectivity index (χ4v) is 2.31. The summed E-state index contributed by atoms with van der Waals surface area (Å²) in [6.45, 7) is 6.81. The molecule has 0 fully saturated rings. The number of aryl methyl sites for hydroxylation is 2. The fraction of sp³-hybridized carbons (Fsp3) is 0.769. The van der Waals surface area contributed by atoms with Gasteiger partial charge >= 0.3 is 0 Å². The largest absolute Gasteiger partial charge is 0.395 e. The van der Waals surface area contributed by atoms with Crippen molar-refractivity contribution >= 4 is 11.6 Å². The van der Waals surface area contributed by atoms with Crippen molar-refractivity contribution in [3.63, 3.8) is 0 Å². The van der Waals surface area contributed by atoms with Gasteiger partial charge in [0.05, 0.1) is 12.3 Å². The Balaban J connectivity index is 2.64. The van der Waals surface area contributed by atoms with Crippen LogP contribution in [0, 0.1) is 6.92 Å². The van der Waals surface area contributed by atoms with E-state index in [4.69, 9.17) is 16.7 Å². The van der Waals surface area contributed by atoms with Crippen LogP contribution in [0.15, 0.2) is 0 Å². The van der Waals surface area contributed by atoms with Crippen LogP contribution in [0.1, 0.15) is 37.4 Å². The van der Waals surface area contributed by atoms with Crippen molar-refractivity contribution in [3.8, 4) is 0 Å². The Bertz CT molecular complexity index is 365. The van der Waals surface area contributed by atoms with Crippen molar-refractivity contribution in [2.45, 2.75) is 39.7 Å². The lowest BCUT2D eigenvalue weighted by Crippen LogP contribution is -2.27. The summed E-state index contributed by atoms with van der Waals surface area (Å²) in [6.07, 6.45) is 3.59. The number of aromatic nitrogens is 2. The first kappa shape index (κ1) is 15.5. The van der Waals surface area contributed by atoms with E-state index in [2.05, 4.69) is 16.9 Å². The Morgan fingerprint density at radius 2 is 2.06 bits per heavy atom. The highest BCUT2D eigenvalue weighted by Crippen LogP contribution is 2.20. The summed E-state index contributed by atoms with van der Waals surface area (Å²) in [5.41, 5.74) is 2.05. The maximum absolute atomic E-state index is 9.12.